The standard InChI is InChI=1S/C18H24O4S.Na.H/c1-2-3-4-5-6-7-12-22-17-10-8-16-14-18(23(19,20)21)11-9-15(16)13-17;;/h8-11,13-14H,2-7,12H2,1H3,(H,19,20,21);;. The van der Waals surface area contributed by atoms with E-state index in [1.807, 2.05) is 12.1 Å². The van der Waals surface area contributed by atoms with Crippen LogP contribution in [0.3, 0.4) is 0 Å². The molecule has 4 nitrogen and oxygen atoms in total. The van der Waals surface area contributed by atoms with E-state index in [-0.39, 0.29) is 34.5 Å². The molecule has 128 valence electrons. The van der Waals surface area contributed by atoms with E-state index in [1.54, 1.807) is 12.1 Å². The van der Waals surface area contributed by atoms with Gasteiger partial charge in [-0.3, -0.25) is 4.55 Å². The van der Waals surface area contributed by atoms with Crippen LogP contribution in [0.15, 0.2) is 41.3 Å². The van der Waals surface area contributed by atoms with Gasteiger partial charge in [-0.15, -0.1) is 0 Å². The molecule has 0 aliphatic carbocycles. The van der Waals surface area contributed by atoms with Crippen molar-refractivity contribution < 1.29 is 17.7 Å². The van der Waals surface area contributed by atoms with Crippen LogP contribution in [0.2, 0.25) is 0 Å². The molecule has 0 aromatic heterocycles. The molecule has 0 amide bonds. The molecule has 2 aromatic rings. The second-order valence-corrected chi connectivity index (χ2v) is 7.18. The van der Waals surface area contributed by atoms with Crippen molar-refractivity contribution in [2.75, 3.05) is 6.61 Å². The topological polar surface area (TPSA) is 63.6 Å². The molecule has 0 radical (unpaired) electrons. The maximum atomic E-state index is 11.1. The molecule has 2 rings (SSSR count). The Morgan fingerprint density at radius 3 is 2.25 bits per heavy atom. The summed E-state index contributed by atoms with van der Waals surface area (Å²) in [5, 5.41) is 1.64. The van der Waals surface area contributed by atoms with Gasteiger partial charge >= 0.3 is 29.6 Å². The molecule has 0 saturated carbocycles. The summed E-state index contributed by atoms with van der Waals surface area (Å²) in [5.41, 5.74) is 0. The van der Waals surface area contributed by atoms with Crippen molar-refractivity contribution in [3.63, 3.8) is 0 Å². The van der Waals surface area contributed by atoms with Gasteiger partial charge in [0.15, 0.2) is 0 Å². The second-order valence-electron chi connectivity index (χ2n) is 5.76. The fourth-order valence-corrected chi connectivity index (χ4v) is 3.04. The Morgan fingerprint density at radius 2 is 1.54 bits per heavy atom. The Bertz CT molecular complexity index is 744. The Labute approximate surface area is 166 Å². The predicted molar refractivity (Wildman–Crippen MR) is 99.8 cm³/mol. The number of unbranched alkanes of at least 4 members (excludes halogenated alkanes) is 5. The van der Waals surface area contributed by atoms with Crippen molar-refractivity contribution in [1.29, 1.82) is 0 Å². The minimum absolute atomic E-state index is 0. The summed E-state index contributed by atoms with van der Waals surface area (Å²) in [4.78, 5) is -0.0919. The SMILES string of the molecule is CCCCCCCCOc1ccc2cc(S(=O)(=O)O)ccc2c1.[NaH]. The second kappa shape index (κ2) is 10.4. The molecule has 0 heterocycles. The summed E-state index contributed by atoms with van der Waals surface area (Å²) in [7, 11) is -4.16. The Kier molecular flexibility index (Phi) is 9.31. The van der Waals surface area contributed by atoms with E-state index in [1.165, 1.54) is 44.2 Å². The van der Waals surface area contributed by atoms with E-state index in [0.29, 0.717) is 6.61 Å². The summed E-state index contributed by atoms with van der Waals surface area (Å²) in [5.74, 6) is 0.783. The summed E-state index contributed by atoms with van der Waals surface area (Å²) >= 11 is 0. The molecule has 0 aliphatic heterocycles. The predicted octanol–water partition coefficient (Wildman–Crippen LogP) is 4.18. The van der Waals surface area contributed by atoms with Crippen LogP contribution in [0.1, 0.15) is 45.4 Å². The molecule has 0 atom stereocenters. The number of fused-ring (bicyclic) bond motifs is 1. The molecular weight excluding hydrogens is 335 g/mol. The Balaban J connectivity index is 0.00000288. The Morgan fingerprint density at radius 1 is 0.917 bits per heavy atom. The maximum absolute atomic E-state index is 11.1. The third kappa shape index (κ3) is 6.73. The van der Waals surface area contributed by atoms with Crippen LogP contribution in [0, 0.1) is 0 Å². The van der Waals surface area contributed by atoms with Gasteiger partial charge in [0.25, 0.3) is 10.1 Å². The fraction of sp³-hybridized carbons (Fsp3) is 0.444. The number of rotatable bonds is 9. The molecule has 0 spiro atoms. The van der Waals surface area contributed by atoms with Crippen molar-refractivity contribution >= 4 is 50.4 Å². The summed E-state index contributed by atoms with van der Waals surface area (Å²) in [6.07, 6.45) is 7.34. The van der Waals surface area contributed by atoms with Gasteiger partial charge in [0, 0.05) is 0 Å². The number of hydrogen-bond donors (Lipinski definition) is 1. The molecular formula is C18H25NaO4S. The minimum atomic E-state index is -4.16. The van der Waals surface area contributed by atoms with Crippen LogP contribution in [-0.4, -0.2) is 49.1 Å². The number of benzene rings is 2. The average molecular weight is 360 g/mol. The van der Waals surface area contributed by atoms with Crippen LogP contribution in [0.25, 0.3) is 10.8 Å². The average Bonchev–Trinajstić information content (AvgIpc) is 2.52. The zero-order valence-corrected chi connectivity index (χ0v) is 14.3. The van der Waals surface area contributed by atoms with E-state index < -0.39 is 10.1 Å². The van der Waals surface area contributed by atoms with Crippen LogP contribution < -0.4 is 4.74 Å². The molecule has 0 fully saturated rings. The first-order valence-corrected chi connectivity index (χ1v) is 9.59. The van der Waals surface area contributed by atoms with Crippen LogP contribution in [0.4, 0.5) is 0 Å². The van der Waals surface area contributed by atoms with E-state index in [2.05, 4.69) is 6.92 Å². The molecule has 0 saturated heterocycles. The van der Waals surface area contributed by atoms with Gasteiger partial charge in [0.2, 0.25) is 0 Å². The molecule has 0 bridgehead atoms. The van der Waals surface area contributed by atoms with Crippen molar-refractivity contribution in [1.82, 2.24) is 0 Å². The van der Waals surface area contributed by atoms with Gasteiger partial charge < -0.3 is 4.74 Å². The van der Waals surface area contributed by atoms with Crippen molar-refractivity contribution in [2.45, 2.75) is 50.3 Å². The summed E-state index contributed by atoms with van der Waals surface area (Å²) < 4.78 is 37.1. The molecule has 0 aliphatic rings. The van der Waals surface area contributed by atoms with E-state index in [9.17, 15) is 8.42 Å². The Hall–Kier alpha value is -0.590. The van der Waals surface area contributed by atoms with Crippen LogP contribution >= 0.6 is 0 Å². The van der Waals surface area contributed by atoms with Crippen molar-refractivity contribution in [3.8, 4) is 5.75 Å². The monoisotopic (exact) mass is 360 g/mol. The van der Waals surface area contributed by atoms with E-state index >= 15 is 0 Å². The van der Waals surface area contributed by atoms with Crippen molar-refractivity contribution in [3.05, 3.63) is 36.4 Å². The van der Waals surface area contributed by atoms with Gasteiger partial charge in [-0.1, -0.05) is 51.2 Å². The number of ether oxygens (including phenoxy) is 1. The van der Waals surface area contributed by atoms with Crippen LogP contribution in [-0.2, 0) is 10.1 Å². The van der Waals surface area contributed by atoms with Gasteiger partial charge in [-0.05, 0) is 41.5 Å². The molecule has 0 unspecified atom stereocenters. The first-order chi connectivity index (χ1) is 11.0. The van der Waals surface area contributed by atoms with Gasteiger partial charge in [0.1, 0.15) is 5.75 Å². The molecule has 6 heteroatoms. The van der Waals surface area contributed by atoms with Gasteiger partial charge in [-0.25, -0.2) is 0 Å². The normalized spacial score (nSPS) is 11.2. The molecule has 1 N–H and O–H groups in total. The third-order valence-corrected chi connectivity index (χ3v) is 4.70. The van der Waals surface area contributed by atoms with Crippen molar-refractivity contribution in [2.24, 2.45) is 0 Å². The molecule has 24 heavy (non-hydrogen) atoms. The van der Waals surface area contributed by atoms with Gasteiger partial charge in [0.05, 0.1) is 11.5 Å². The first kappa shape index (κ1) is 21.5. The van der Waals surface area contributed by atoms with Gasteiger partial charge in [-0.2, -0.15) is 8.42 Å². The first-order valence-electron chi connectivity index (χ1n) is 8.15. The van der Waals surface area contributed by atoms with E-state index in [0.717, 1.165) is 22.9 Å². The van der Waals surface area contributed by atoms with Crippen LogP contribution in [0.5, 0.6) is 5.75 Å². The fourth-order valence-electron chi connectivity index (χ4n) is 2.52. The zero-order chi connectivity index (χ0) is 16.7. The molecule has 2 aromatic carbocycles. The quantitative estimate of drug-likeness (QED) is 0.414. The summed E-state index contributed by atoms with van der Waals surface area (Å²) in [6.45, 7) is 2.91. The van der Waals surface area contributed by atoms with E-state index in [4.69, 9.17) is 9.29 Å². The number of hydrogen-bond acceptors (Lipinski definition) is 3. The summed E-state index contributed by atoms with van der Waals surface area (Å²) in [6, 6.07) is 10.1. The third-order valence-electron chi connectivity index (χ3n) is 3.85. The zero-order valence-electron chi connectivity index (χ0n) is 13.5.